The second-order valence-corrected chi connectivity index (χ2v) is 15.4. The summed E-state index contributed by atoms with van der Waals surface area (Å²) in [5, 5.41) is 34.8. The molecular formula is C41H36Cl2N8O4S2. The number of tetrazole rings is 1. The number of halogens is 2. The zero-order valence-electron chi connectivity index (χ0n) is 30.4. The van der Waals surface area contributed by atoms with Gasteiger partial charge in [0.2, 0.25) is 11.8 Å². The number of amides is 2. The number of aliphatic carboxylic acids is 1. The first-order valence-electron chi connectivity index (χ1n) is 17.7. The molecule has 3 atom stereocenters. The number of rotatable bonds is 14. The van der Waals surface area contributed by atoms with Crippen molar-refractivity contribution in [3.8, 4) is 22.5 Å². The highest BCUT2D eigenvalue weighted by molar-refractivity contribution is 7.14. The lowest BCUT2D eigenvalue weighted by Crippen LogP contribution is -2.29. The molecule has 1 unspecified atom stereocenters. The first kappa shape index (κ1) is 40.9. The number of thiazole rings is 2. The quantitative estimate of drug-likeness (QED) is 0.0832. The number of hydrogen-bond donors (Lipinski definition) is 4. The molecule has 12 nitrogen and oxygen atoms in total. The SMILES string of the molecule is CC(c1ccccc1)[C@@H](CC(=O)O)C(=O)Nc1nc(-c2ccccc2Cl)cs1.O=C(Nc1nc(-c2ccccc2Cl)cs1)[C@H](Cc1ccccc1)Cc1nn[nH]n1. The molecule has 0 aliphatic rings. The summed E-state index contributed by atoms with van der Waals surface area (Å²) < 4.78 is 0. The maximum atomic E-state index is 13.0. The van der Waals surface area contributed by atoms with Gasteiger partial charge in [0.15, 0.2) is 16.1 Å². The van der Waals surface area contributed by atoms with Crippen LogP contribution in [0, 0.1) is 11.8 Å². The molecule has 0 fully saturated rings. The van der Waals surface area contributed by atoms with Crippen LogP contribution >= 0.6 is 45.9 Å². The molecule has 0 saturated heterocycles. The van der Waals surface area contributed by atoms with Crippen LogP contribution in [-0.2, 0) is 27.2 Å². The molecule has 16 heteroatoms. The molecule has 2 amide bonds. The van der Waals surface area contributed by atoms with E-state index >= 15 is 0 Å². The van der Waals surface area contributed by atoms with Crippen molar-refractivity contribution in [2.45, 2.75) is 32.1 Å². The van der Waals surface area contributed by atoms with Gasteiger partial charge in [0.25, 0.3) is 0 Å². The molecule has 0 aliphatic carbocycles. The maximum absolute atomic E-state index is 13.0. The maximum Gasteiger partial charge on any atom is 0.304 e. The topological polar surface area (TPSA) is 176 Å². The summed E-state index contributed by atoms with van der Waals surface area (Å²) >= 11 is 15.1. The van der Waals surface area contributed by atoms with Crippen molar-refractivity contribution >= 4 is 73.9 Å². The highest BCUT2D eigenvalue weighted by Gasteiger charge is 2.29. The molecule has 0 spiro atoms. The van der Waals surface area contributed by atoms with E-state index in [1.807, 2.05) is 121 Å². The standard InChI is InChI=1S/C21H19ClN2O3S.C20H17ClN6OS/c1-13(14-7-3-2-4-8-14)16(11-19(25)26)20(27)24-21-23-18(12-28-21)15-9-5-6-10-17(15)22;21-16-9-5-4-8-15(16)17-12-29-20(22-17)23-19(28)14(11-18-24-26-27-25-18)10-13-6-2-1-3-7-13/h2-10,12-13,16H,11H2,1H3,(H,25,26)(H,23,24,27);1-9,12,14H,10-11H2,(H,22,23,28)(H,24,25,26,27)/t13?,16-;14-/m11/s1. The average molecular weight is 840 g/mol. The van der Waals surface area contributed by atoms with E-state index in [0.29, 0.717) is 44.7 Å². The van der Waals surface area contributed by atoms with E-state index in [1.54, 1.807) is 6.07 Å². The van der Waals surface area contributed by atoms with Crippen LogP contribution in [-0.4, -0.2) is 53.5 Å². The number of aromatic nitrogens is 6. The fraction of sp³-hybridized carbons (Fsp3) is 0.171. The predicted octanol–water partition coefficient (Wildman–Crippen LogP) is 9.31. The largest absolute Gasteiger partial charge is 0.481 e. The Morgan fingerprint density at radius 1 is 0.719 bits per heavy atom. The van der Waals surface area contributed by atoms with Crippen molar-refractivity contribution in [1.82, 2.24) is 30.6 Å². The zero-order chi connectivity index (χ0) is 40.1. The van der Waals surface area contributed by atoms with Gasteiger partial charge in [0.1, 0.15) is 0 Å². The second kappa shape index (κ2) is 19.9. The van der Waals surface area contributed by atoms with E-state index in [1.165, 1.54) is 22.7 Å². The van der Waals surface area contributed by atoms with Gasteiger partial charge in [0.05, 0.1) is 23.7 Å². The van der Waals surface area contributed by atoms with Crippen LogP contribution in [0.15, 0.2) is 120 Å². The Morgan fingerprint density at radius 2 is 1.25 bits per heavy atom. The van der Waals surface area contributed by atoms with Crippen LogP contribution in [0.2, 0.25) is 10.0 Å². The monoisotopic (exact) mass is 838 g/mol. The van der Waals surface area contributed by atoms with Gasteiger partial charge in [-0.1, -0.05) is 132 Å². The van der Waals surface area contributed by atoms with Crippen LogP contribution in [0.1, 0.15) is 36.2 Å². The third-order valence-electron chi connectivity index (χ3n) is 8.94. The lowest BCUT2D eigenvalue weighted by Gasteiger charge is -2.21. The summed E-state index contributed by atoms with van der Waals surface area (Å²) in [6.45, 7) is 1.86. The fourth-order valence-electron chi connectivity index (χ4n) is 5.97. The van der Waals surface area contributed by atoms with Gasteiger partial charge >= 0.3 is 5.97 Å². The van der Waals surface area contributed by atoms with Crippen LogP contribution < -0.4 is 10.6 Å². The predicted molar refractivity (Wildman–Crippen MR) is 224 cm³/mol. The van der Waals surface area contributed by atoms with Crippen molar-refractivity contribution in [2.75, 3.05) is 10.6 Å². The minimum absolute atomic E-state index is 0.140. The summed E-state index contributed by atoms with van der Waals surface area (Å²) in [6, 6.07) is 34.1. The number of aromatic amines is 1. The molecule has 4 N–H and O–H groups in total. The molecule has 7 aromatic rings. The Balaban J connectivity index is 0.000000193. The molecule has 290 valence electrons. The zero-order valence-corrected chi connectivity index (χ0v) is 33.5. The molecule has 57 heavy (non-hydrogen) atoms. The smallest absolute Gasteiger partial charge is 0.304 e. The van der Waals surface area contributed by atoms with Crippen LogP contribution in [0.25, 0.3) is 22.5 Å². The van der Waals surface area contributed by atoms with Crippen molar-refractivity contribution < 1.29 is 19.5 Å². The van der Waals surface area contributed by atoms with E-state index in [2.05, 4.69) is 41.2 Å². The highest BCUT2D eigenvalue weighted by atomic mass is 35.5. The number of hydrogen-bond acceptors (Lipinski definition) is 10. The minimum Gasteiger partial charge on any atom is -0.481 e. The van der Waals surface area contributed by atoms with Crippen LogP contribution in [0.3, 0.4) is 0 Å². The number of carboxylic acids is 1. The molecular weight excluding hydrogens is 804 g/mol. The second-order valence-electron chi connectivity index (χ2n) is 12.8. The van der Waals surface area contributed by atoms with E-state index < -0.39 is 11.9 Å². The van der Waals surface area contributed by atoms with Crippen molar-refractivity contribution in [1.29, 1.82) is 0 Å². The molecule has 4 aromatic carbocycles. The summed E-state index contributed by atoms with van der Waals surface area (Å²) in [4.78, 5) is 46.1. The third kappa shape index (κ3) is 11.4. The number of anilines is 2. The molecule has 7 rings (SSSR count). The van der Waals surface area contributed by atoms with E-state index in [-0.39, 0.29) is 30.1 Å². The van der Waals surface area contributed by atoms with Gasteiger partial charge in [0, 0.05) is 44.3 Å². The molecule has 0 saturated carbocycles. The third-order valence-corrected chi connectivity index (χ3v) is 11.1. The van der Waals surface area contributed by atoms with Crippen molar-refractivity contribution in [3.63, 3.8) is 0 Å². The lowest BCUT2D eigenvalue weighted by atomic mass is 9.84. The van der Waals surface area contributed by atoms with Gasteiger partial charge < -0.3 is 15.7 Å². The molecule has 0 aliphatic heterocycles. The first-order chi connectivity index (χ1) is 27.6. The molecule has 0 radical (unpaired) electrons. The Morgan fingerprint density at radius 3 is 1.77 bits per heavy atom. The normalized spacial score (nSPS) is 12.4. The van der Waals surface area contributed by atoms with Crippen molar-refractivity contribution in [3.05, 3.63) is 147 Å². The number of nitrogens with zero attached hydrogens (tertiary/aromatic N) is 5. The van der Waals surface area contributed by atoms with Crippen molar-refractivity contribution in [2.24, 2.45) is 11.8 Å². The first-order valence-corrected chi connectivity index (χ1v) is 20.2. The van der Waals surface area contributed by atoms with E-state index in [9.17, 15) is 19.5 Å². The highest BCUT2D eigenvalue weighted by Crippen LogP contribution is 2.33. The van der Waals surface area contributed by atoms with Gasteiger partial charge in [-0.25, -0.2) is 9.97 Å². The summed E-state index contributed by atoms with van der Waals surface area (Å²) in [7, 11) is 0. The van der Waals surface area contributed by atoms with Crippen LogP contribution in [0.5, 0.6) is 0 Å². The number of carbonyl (C=O) groups excluding carboxylic acids is 2. The Labute approximate surface area is 346 Å². The summed E-state index contributed by atoms with van der Waals surface area (Å²) in [5.41, 5.74) is 4.98. The van der Waals surface area contributed by atoms with Crippen LogP contribution in [0.4, 0.5) is 10.3 Å². The lowest BCUT2D eigenvalue weighted by molar-refractivity contribution is -0.140. The molecule has 3 heterocycles. The number of H-pyrrole nitrogens is 1. The van der Waals surface area contributed by atoms with Gasteiger partial charge in [-0.05, 0) is 35.6 Å². The Kier molecular flexibility index (Phi) is 14.2. The minimum atomic E-state index is -1.01. The number of carboxylic acid groups (broad SMARTS) is 1. The van der Waals surface area contributed by atoms with E-state index in [4.69, 9.17) is 23.2 Å². The number of carbonyl (C=O) groups is 3. The summed E-state index contributed by atoms with van der Waals surface area (Å²) in [5.74, 6) is -2.34. The van der Waals surface area contributed by atoms with Gasteiger partial charge in [-0.2, -0.15) is 5.21 Å². The number of benzene rings is 4. The van der Waals surface area contributed by atoms with Gasteiger partial charge in [-0.3, -0.25) is 14.4 Å². The average Bonchev–Trinajstić information content (AvgIpc) is 4.02. The molecule has 3 aromatic heterocycles. The fourth-order valence-corrected chi connectivity index (χ4v) is 7.86. The molecule has 0 bridgehead atoms. The Bertz CT molecular complexity index is 2390. The summed E-state index contributed by atoms with van der Waals surface area (Å²) in [6.07, 6.45) is 0.675. The number of nitrogens with one attached hydrogen (secondary N) is 3. The van der Waals surface area contributed by atoms with Gasteiger partial charge in [-0.15, -0.1) is 32.9 Å². The van der Waals surface area contributed by atoms with E-state index in [0.717, 1.165) is 27.9 Å². The Hall–Kier alpha value is -5.80.